The van der Waals surface area contributed by atoms with Crippen molar-refractivity contribution in [3.63, 3.8) is 0 Å². The van der Waals surface area contributed by atoms with Crippen LogP contribution in [0, 0.1) is 17.8 Å². The van der Waals surface area contributed by atoms with Gasteiger partial charge in [-0.2, -0.15) is 0 Å². The first-order chi connectivity index (χ1) is 16.3. The van der Waals surface area contributed by atoms with Crippen LogP contribution in [0.5, 0.6) is 0 Å². The Kier molecular flexibility index (Phi) is 22.9. The molecule has 202 valence electrons. The van der Waals surface area contributed by atoms with Crippen molar-refractivity contribution in [3.8, 4) is 0 Å². The molecule has 0 aliphatic heterocycles. The van der Waals surface area contributed by atoms with Gasteiger partial charge in [0.2, 0.25) is 0 Å². The Morgan fingerprint density at radius 1 is 0.500 bits per heavy atom. The third-order valence-corrected chi connectivity index (χ3v) is 6.51. The van der Waals surface area contributed by atoms with Crippen LogP contribution in [0.4, 0.5) is 0 Å². The molecule has 0 aromatic heterocycles. The summed E-state index contributed by atoms with van der Waals surface area (Å²) in [5, 5.41) is 0. The van der Waals surface area contributed by atoms with E-state index in [9.17, 15) is 9.59 Å². The van der Waals surface area contributed by atoms with Crippen LogP contribution in [0.3, 0.4) is 0 Å². The Balaban J connectivity index is 3.29. The maximum absolute atomic E-state index is 11.8. The van der Waals surface area contributed by atoms with Gasteiger partial charge in [-0.1, -0.05) is 118 Å². The van der Waals surface area contributed by atoms with E-state index in [2.05, 4.69) is 34.6 Å². The molecule has 4 heteroatoms. The highest BCUT2D eigenvalue weighted by atomic mass is 16.5. The highest BCUT2D eigenvalue weighted by Gasteiger charge is 2.10. The average Bonchev–Trinajstić information content (AvgIpc) is 2.75. The van der Waals surface area contributed by atoms with E-state index in [1.807, 2.05) is 0 Å². The smallest absolute Gasteiger partial charge is 0.306 e. The quantitative estimate of drug-likeness (QED) is 0.102. The SMILES string of the molecule is CC(C)CCOC(=O)CCCCCCCCCCCCCCCC(C)CC(=O)OCCC(C)C. The Labute approximate surface area is 212 Å². The van der Waals surface area contributed by atoms with Gasteiger partial charge in [0.15, 0.2) is 0 Å². The van der Waals surface area contributed by atoms with Gasteiger partial charge in [0.25, 0.3) is 0 Å². The van der Waals surface area contributed by atoms with Crippen LogP contribution in [0.15, 0.2) is 0 Å². The Hall–Kier alpha value is -1.06. The molecule has 4 nitrogen and oxygen atoms in total. The van der Waals surface area contributed by atoms with Gasteiger partial charge in [0.05, 0.1) is 13.2 Å². The average molecular weight is 483 g/mol. The van der Waals surface area contributed by atoms with E-state index >= 15 is 0 Å². The Morgan fingerprint density at radius 3 is 1.32 bits per heavy atom. The lowest BCUT2D eigenvalue weighted by Crippen LogP contribution is -2.11. The highest BCUT2D eigenvalue weighted by molar-refractivity contribution is 5.69. The van der Waals surface area contributed by atoms with Crippen molar-refractivity contribution in [1.29, 1.82) is 0 Å². The largest absolute Gasteiger partial charge is 0.466 e. The van der Waals surface area contributed by atoms with E-state index < -0.39 is 0 Å². The fourth-order valence-electron chi connectivity index (χ4n) is 4.04. The normalized spacial score (nSPS) is 12.3. The van der Waals surface area contributed by atoms with Crippen molar-refractivity contribution in [1.82, 2.24) is 0 Å². The second-order valence-electron chi connectivity index (χ2n) is 11.3. The molecule has 0 fully saturated rings. The van der Waals surface area contributed by atoms with Gasteiger partial charge in [-0.05, 0) is 37.0 Å². The summed E-state index contributed by atoms with van der Waals surface area (Å²) in [6, 6.07) is 0. The fraction of sp³-hybridized carbons (Fsp3) is 0.933. The van der Waals surface area contributed by atoms with Gasteiger partial charge < -0.3 is 9.47 Å². The van der Waals surface area contributed by atoms with Crippen LogP contribution >= 0.6 is 0 Å². The summed E-state index contributed by atoms with van der Waals surface area (Å²) in [4.78, 5) is 23.4. The predicted octanol–water partition coefficient (Wildman–Crippen LogP) is 9.04. The van der Waals surface area contributed by atoms with E-state index in [0.717, 1.165) is 32.1 Å². The van der Waals surface area contributed by atoms with Crippen LogP contribution in [0.2, 0.25) is 0 Å². The number of hydrogen-bond donors (Lipinski definition) is 0. The Bertz CT molecular complexity index is 472. The van der Waals surface area contributed by atoms with E-state index in [0.29, 0.717) is 43.8 Å². The molecule has 0 aromatic rings. The molecule has 34 heavy (non-hydrogen) atoms. The van der Waals surface area contributed by atoms with E-state index in [4.69, 9.17) is 9.47 Å². The number of carbonyl (C=O) groups is 2. The molecule has 0 rings (SSSR count). The first-order valence-corrected chi connectivity index (χ1v) is 14.6. The molecule has 0 bridgehead atoms. The number of unbranched alkanes of at least 4 members (excludes halogenated alkanes) is 12. The van der Waals surface area contributed by atoms with Gasteiger partial charge in [0, 0.05) is 12.8 Å². The van der Waals surface area contributed by atoms with Crippen LogP contribution in [0.25, 0.3) is 0 Å². The van der Waals surface area contributed by atoms with Crippen molar-refractivity contribution >= 4 is 11.9 Å². The summed E-state index contributed by atoms with van der Waals surface area (Å²) >= 11 is 0. The summed E-state index contributed by atoms with van der Waals surface area (Å²) in [5.74, 6) is 1.58. The van der Waals surface area contributed by atoms with Crippen LogP contribution < -0.4 is 0 Å². The number of hydrogen-bond acceptors (Lipinski definition) is 4. The molecule has 0 heterocycles. The van der Waals surface area contributed by atoms with Gasteiger partial charge in [-0.3, -0.25) is 9.59 Å². The lowest BCUT2D eigenvalue weighted by Gasteiger charge is -2.11. The van der Waals surface area contributed by atoms with Crippen molar-refractivity contribution < 1.29 is 19.1 Å². The topological polar surface area (TPSA) is 52.6 Å². The standard InChI is InChI=1S/C30H58O4/c1-26(2)21-23-33-29(31)20-18-16-14-12-10-8-6-7-9-11-13-15-17-19-28(5)25-30(32)34-24-22-27(3)4/h26-28H,6-25H2,1-5H3. The molecule has 0 saturated carbocycles. The highest BCUT2D eigenvalue weighted by Crippen LogP contribution is 2.17. The number of ether oxygens (including phenoxy) is 2. The third kappa shape index (κ3) is 25.6. The summed E-state index contributed by atoms with van der Waals surface area (Å²) < 4.78 is 10.6. The summed E-state index contributed by atoms with van der Waals surface area (Å²) in [6.45, 7) is 11.9. The molecule has 0 aliphatic carbocycles. The monoisotopic (exact) mass is 482 g/mol. The van der Waals surface area contributed by atoms with Crippen molar-refractivity contribution in [3.05, 3.63) is 0 Å². The zero-order valence-electron chi connectivity index (χ0n) is 23.5. The lowest BCUT2D eigenvalue weighted by atomic mass is 9.98. The Morgan fingerprint density at radius 2 is 0.882 bits per heavy atom. The minimum Gasteiger partial charge on any atom is -0.466 e. The zero-order chi connectivity index (χ0) is 25.4. The molecule has 1 atom stereocenters. The molecule has 1 unspecified atom stereocenters. The summed E-state index contributed by atoms with van der Waals surface area (Å²) in [5.41, 5.74) is 0. The minimum absolute atomic E-state index is 0.0209. The number of esters is 2. The van der Waals surface area contributed by atoms with Gasteiger partial charge >= 0.3 is 11.9 Å². The number of carbonyl (C=O) groups excluding carboxylic acids is 2. The molecule has 0 spiro atoms. The van der Waals surface area contributed by atoms with Crippen molar-refractivity contribution in [2.75, 3.05) is 13.2 Å². The van der Waals surface area contributed by atoms with Gasteiger partial charge in [-0.25, -0.2) is 0 Å². The predicted molar refractivity (Wildman–Crippen MR) is 144 cm³/mol. The van der Waals surface area contributed by atoms with Gasteiger partial charge in [-0.15, -0.1) is 0 Å². The van der Waals surface area contributed by atoms with Crippen LogP contribution in [0.1, 0.15) is 150 Å². The molecular weight excluding hydrogens is 424 g/mol. The van der Waals surface area contributed by atoms with Crippen molar-refractivity contribution in [2.24, 2.45) is 17.8 Å². The number of rotatable bonds is 24. The maximum atomic E-state index is 11.8. The molecule has 0 aliphatic rings. The lowest BCUT2D eigenvalue weighted by molar-refractivity contribution is -0.145. The van der Waals surface area contributed by atoms with Crippen LogP contribution in [-0.2, 0) is 19.1 Å². The first-order valence-electron chi connectivity index (χ1n) is 14.6. The third-order valence-electron chi connectivity index (χ3n) is 6.51. The molecule has 0 saturated heterocycles. The molecular formula is C30H58O4. The van der Waals surface area contributed by atoms with Crippen molar-refractivity contribution in [2.45, 2.75) is 150 Å². The molecule has 0 aromatic carbocycles. The summed E-state index contributed by atoms with van der Waals surface area (Å²) in [7, 11) is 0. The van der Waals surface area contributed by atoms with E-state index in [-0.39, 0.29) is 11.9 Å². The van der Waals surface area contributed by atoms with Crippen LogP contribution in [-0.4, -0.2) is 25.2 Å². The van der Waals surface area contributed by atoms with Gasteiger partial charge in [0.1, 0.15) is 0 Å². The molecule has 0 amide bonds. The minimum atomic E-state index is -0.0228. The molecule has 0 N–H and O–H groups in total. The zero-order valence-corrected chi connectivity index (χ0v) is 23.5. The van der Waals surface area contributed by atoms with E-state index in [1.165, 1.54) is 70.6 Å². The second kappa shape index (κ2) is 23.7. The summed E-state index contributed by atoms with van der Waals surface area (Å²) in [6.07, 6.45) is 20.8. The second-order valence-corrected chi connectivity index (χ2v) is 11.3. The van der Waals surface area contributed by atoms with E-state index in [1.54, 1.807) is 0 Å². The maximum Gasteiger partial charge on any atom is 0.306 e. The fourth-order valence-corrected chi connectivity index (χ4v) is 4.04. The first kappa shape index (κ1) is 32.9. The molecule has 0 radical (unpaired) electrons.